The number of likely N-dealkylation sites (tertiary alicyclic amines) is 1. The highest BCUT2D eigenvalue weighted by atomic mass is 16.5. The van der Waals surface area contributed by atoms with Gasteiger partial charge in [0.2, 0.25) is 5.91 Å². The van der Waals surface area contributed by atoms with Crippen molar-refractivity contribution in [3.63, 3.8) is 0 Å². The summed E-state index contributed by atoms with van der Waals surface area (Å²) in [6, 6.07) is 8.02. The van der Waals surface area contributed by atoms with Gasteiger partial charge in [0, 0.05) is 38.4 Å². The molecule has 2 aliphatic rings. The van der Waals surface area contributed by atoms with Crippen LogP contribution in [-0.4, -0.2) is 40.1 Å². The van der Waals surface area contributed by atoms with Crippen LogP contribution in [0.25, 0.3) is 0 Å². The summed E-state index contributed by atoms with van der Waals surface area (Å²) in [5, 5.41) is 0. The number of amides is 1. The first-order chi connectivity index (χ1) is 11.7. The van der Waals surface area contributed by atoms with Gasteiger partial charge in [0.25, 0.3) is 0 Å². The number of carbonyl (C=O) groups excluding carboxylic acids is 1. The molecule has 1 aromatic heterocycles. The SMILES string of the molecule is Cn1ccnc1C1CCN(C(=O)C2COc3ccccc3C2)CC1. The average molecular weight is 325 g/mol. The minimum atomic E-state index is -0.0513. The van der Waals surface area contributed by atoms with Gasteiger partial charge in [-0.3, -0.25) is 4.79 Å². The quantitative estimate of drug-likeness (QED) is 0.852. The van der Waals surface area contributed by atoms with Crippen LogP contribution in [-0.2, 0) is 18.3 Å². The number of hydrogen-bond donors (Lipinski definition) is 0. The van der Waals surface area contributed by atoms with E-state index in [-0.39, 0.29) is 11.8 Å². The molecule has 2 aliphatic heterocycles. The molecular formula is C19H23N3O2. The van der Waals surface area contributed by atoms with Crippen LogP contribution >= 0.6 is 0 Å². The molecule has 1 unspecified atom stereocenters. The predicted molar refractivity (Wildman–Crippen MR) is 90.9 cm³/mol. The first-order valence-corrected chi connectivity index (χ1v) is 8.69. The van der Waals surface area contributed by atoms with E-state index in [9.17, 15) is 4.79 Å². The highest BCUT2D eigenvalue weighted by Gasteiger charge is 2.32. The molecule has 5 nitrogen and oxygen atoms in total. The largest absolute Gasteiger partial charge is 0.492 e. The minimum Gasteiger partial charge on any atom is -0.492 e. The molecule has 3 heterocycles. The second kappa shape index (κ2) is 6.30. The van der Waals surface area contributed by atoms with E-state index in [0.29, 0.717) is 12.5 Å². The lowest BCUT2D eigenvalue weighted by atomic mass is 9.92. The Morgan fingerprint density at radius 3 is 2.79 bits per heavy atom. The third kappa shape index (κ3) is 2.79. The van der Waals surface area contributed by atoms with Crippen LogP contribution in [0.1, 0.15) is 30.1 Å². The zero-order chi connectivity index (χ0) is 16.5. The van der Waals surface area contributed by atoms with Crippen molar-refractivity contribution < 1.29 is 9.53 Å². The standard InChI is InChI=1S/C19H23N3O2/c1-21-11-8-20-18(21)14-6-9-22(10-7-14)19(23)16-12-15-4-2-3-5-17(15)24-13-16/h2-5,8,11,14,16H,6-7,9-10,12-13H2,1H3. The summed E-state index contributed by atoms with van der Waals surface area (Å²) in [4.78, 5) is 19.3. The van der Waals surface area contributed by atoms with Crippen LogP contribution in [0.5, 0.6) is 5.75 Å². The Kier molecular flexibility index (Phi) is 4.00. The summed E-state index contributed by atoms with van der Waals surface area (Å²) in [5.41, 5.74) is 1.14. The van der Waals surface area contributed by atoms with Gasteiger partial charge in [-0.2, -0.15) is 0 Å². The molecule has 126 valence electrons. The van der Waals surface area contributed by atoms with Crippen LogP contribution < -0.4 is 4.74 Å². The molecule has 0 aliphatic carbocycles. The summed E-state index contributed by atoms with van der Waals surface area (Å²) in [7, 11) is 2.04. The maximum atomic E-state index is 12.8. The number of benzene rings is 1. The molecule has 0 N–H and O–H groups in total. The number of ether oxygens (including phenoxy) is 1. The van der Waals surface area contributed by atoms with Crippen molar-refractivity contribution in [2.75, 3.05) is 19.7 Å². The zero-order valence-corrected chi connectivity index (χ0v) is 14.0. The van der Waals surface area contributed by atoms with E-state index in [1.165, 1.54) is 0 Å². The van der Waals surface area contributed by atoms with Crippen LogP contribution in [0.2, 0.25) is 0 Å². The summed E-state index contributed by atoms with van der Waals surface area (Å²) >= 11 is 0. The maximum Gasteiger partial charge on any atom is 0.229 e. The van der Waals surface area contributed by atoms with Crippen molar-refractivity contribution in [3.05, 3.63) is 48.0 Å². The highest BCUT2D eigenvalue weighted by molar-refractivity contribution is 5.80. The molecule has 5 heteroatoms. The summed E-state index contributed by atoms with van der Waals surface area (Å²) in [6.07, 6.45) is 6.60. The Morgan fingerprint density at radius 2 is 2.04 bits per heavy atom. The monoisotopic (exact) mass is 325 g/mol. The van der Waals surface area contributed by atoms with Gasteiger partial charge >= 0.3 is 0 Å². The van der Waals surface area contributed by atoms with Crippen molar-refractivity contribution in [2.45, 2.75) is 25.2 Å². The number of aryl methyl sites for hydroxylation is 1. The lowest BCUT2D eigenvalue weighted by Crippen LogP contribution is -2.44. The Bertz CT molecular complexity index is 732. The third-order valence-corrected chi connectivity index (χ3v) is 5.26. The van der Waals surface area contributed by atoms with E-state index in [1.807, 2.05) is 42.5 Å². The van der Waals surface area contributed by atoms with Crippen molar-refractivity contribution in [1.29, 1.82) is 0 Å². The molecule has 0 bridgehead atoms. The number of rotatable bonds is 2. The van der Waals surface area contributed by atoms with Crippen LogP contribution in [0.15, 0.2) is 36.7 Å². The molecule has 1 saturated heterocycles. The fourth-order valence-corrected chi connectivity index (χ4v) is 3.87. The second-order valence-corrected chi connectivity index (χ2v) is 6.82. The van der Waals surface area contributed by atoms with Gasteiger partial charge in [0.05, 0.1) is 5.92 Å². The molecule has 1 aromatic carbocycles. The Morgan fingerprint density at radius 1 is 1.25 bits per heavy atom. The smallest absolute Gasteiger partial charge is 0.229 e. The fourth-order valence-electron chi connectivity index (χ4n) is 3.87. The predicted octanol–water partition coefficient (Wildman–Crippen LogP) is 2.38. The number of hydrogen-bond acceptors (Lipinski definition) is 3. The Labute approximate surface area is 142 Å². The van der Waals surface area contributed by atoms with Crippen LogP contribution in [0, 0.1) is 5.92 Å². The topological polar surface area (TPSA) is 47.4 Å². The minimum absolute atomic E-state index is 0.0513. The number of aromatic nitrogens is 2. The maximum absolute atomic E-state index is 12.8. The van der Waals surface area contributed by atoms with Gasteiger partial charge in [-0.1, -0.05) is 18.2 Å². The number of piperidine rings is 1. The number of fused-ring (bicyclic) bond motifs is 1. The van der Waals surface area contributed by atoms with E-state index in [2.05, 4.69) is 15.6 Å². The van der Waals surface area contributed by atoms with E-state index < -0.39 is 0 Å². The number of carbonyl (C=O) groups is 1. The summed E-state index contributed by atoms with van der Waals surface area (Å²) < 4.78 is 7.87. The van der Waals surface area contributed by atoms with Crippen molar-refractivity contribution in [3.8, 4) is 5.75 Å². The van der Waals surface area contributed by atoms with Gasteiger partial charge in [-0.15, -0.1) is 0 Å². The van der Waals surface area contributed by atoms with Crippen molar-refractivity contribution >= 4 is 5.91 Å². The molecule has 1 amide bonds. The average Bonchev–Trinajstić information content (AvgIpc) is 3.07. The number of para-hydroxylation sites is 1. The zero-order valence-electron chi connectivity index (χ0n) is 14.0. The van der Waals surface area contributed by atoms with Crippen molar-refractivity contribution in [2.24, 2.45) is 13.0 Å². The Hall–Kier alpha value is -2.30. The van der Waals surface area contributed by atoms with E-state index in [1.54, 1.807) is 0 Å². The molecule has 1 fully saturated rings. The van der Waals surface area contributed by atoms with Crippen LogP contribution in [0.4, 0.5) is 0 Å². The van der Waals surface area contributed by atoms with Crippen LogP contribution in [0.3, 0.4) is 0 Å². The first kappa shape index (κ1) is 15.2. The first-order valence-electron chi connectivity index (χ1n) is 8.69. The van der Waals surface area contributed by atoms with Gasteiger partial charge in [-0.05, 0) is 30.9 Å². The number of nitrogens with zero attached hydrogens (tertiary/aromatic N) is 3. The van der Waals surface area contributed by atoms with E-state index in [0.717, 1.165) is 49.5 Å². The van der Waals surface area contributed by atoms with Gasteiger partial charge in [0.1, 0.15) is 18.2 Å². The van der Waals surface area contributed by atoms with E-state index in [4.69, 9.17) is 4.74 Å². The molecule has 0 spiro atoms. The molecule has 0 saturated carbocycles. The van der Waals surface area contributed by atoms with Gasteiger partial charge in [-0.25, -0.2) is 4.98 Å². The number of imidazole rings is 1. The molecule has 2 aromatic rings. The second-order valence-electron chi connectivity index (χ2n) is 6.82. The lowest BCUT2D eigenvalue weighted by Gasteiger charge is -2.35. The van der Waals surface area contributed by atoms with E-state index >= 15 is 0 Å². The molecule has 0 radical (unpaired) electrons. The molecular weight excluding hydrogens is 302 g/mol. The summed E-state index contributed by atoms with van der Waals surface area (Å²) in [5.74, 6) is 2.71. The van der Waals surface area contributed by atoms with Crippen molar-refractivity contribution in [1.82, 2.24) is 14.5 Å². The normalized spacial score (nSPS) is 21.2. The molecule has 24 heavy (non-hydrogen) atoms. The van der Waals surface area contributed by atoms with Gasteiger partial charge in [0.15, 0.2) is 0 Å². The molecule has 1 atom stereocenters. The van der Waals surface area contributed by atoms with Gasteiger partial charge < -0.3 is 14.2 Å². The highest BCUT2D eigenvalue weighted by Crippen LogP contribution is 2.30. The lowest BCUT2D eigenvalue weighted by molar-refractivity contribution is -0.138. The fraction of sp³-hybridized carbons (Fsp3) is 0.474. The summed E-state index contributed by atoms with van der Waals surface area (Å²) in [6.45, 7) is 2.12. The Balaban J connectivity index is 1.38. The molecule has 4 rings (SSSR count). The third-order valence-electron chi connectivity index (χ3n) is 5.26.